The highest BCUT2D eigenvalue weighted by molar-refractivity contribution is 8.00. The van der Waals surface area contributed by atoms with Gasteiger partial charge in [0.2, 0.25) is 5.91 Å². The molecule has 8 heteroatoms. The van der Waals surface area contributed by atoms with Crippen molar-refractivity contribution in [3.63, 3.8) is 0 Å². The number of hydrogen-bond acceptors (Lipinski definition) is 3. The molecule has 0 radical (unpaired) electrons. The summed E-state index contributed by atoms with van der Waals surface area (Å²) < 4.78 is 0. The van der Waals surface area contributed by atoms with Gasteiger partial charge in [0.05, 0.1) is 42.0 Å². The molecule has 5 nitrogen and oxygen atoms in total. The fraction of sp³-hybridized carbons (Fsp3) is 0.529. The van der Waals surface area contributed by atoms with Crippen molar-refractivity contribution in [2.24, 2.45) is 0 Å². The molecule has 2 rings (SSSR count). The van der Waals surface area contributed by atoms with Crippen molar-refractivity contribution in [3.8, 4) is 0 Å². The zero-order valence-electron chi connectivity index (χ0n) is 14.3. The SMILES string of the molecule is CCCNC(=O)C[NH+]1CCN(C(=O)CSc2c(Cl)cccc2Cl)CC1. The van der Waals surface area contributed by atoms with Crippen LogP contribution in [0, 0.1) is 0 Å². The molecule has 25 heavy (non-hydrogen) atoms. The fourth-order valence-corrected chi connectivity index (χ4v) is 4.24. The summed E-state index contributed by atoms with van der Waals surface area (Å²) in [7, 11) is 0. The molecule has 1 saturated heterocycles. The minimum atomic E-state index is 0.0791. The molecular weight excluding hydrogens is 381 g/mol. The van der Waals surface area contributed by atoms with Gasteiger partial charge in [0, 0.05) is 11.4 Å². The molecule has 0 aliphatic carbocycles. The summed E-state index contributed by atoms with van der Waals surface area (Å²) in [5, 5.41) is 4.03. The van der Waals surface area contributed by atoms with Gasteiger partial charge < -0.3 is 15.1 Å². The van der Waals surface area contributed by atoms with Gasteiger partial charge in [-0.05, 0) is 18.6 Å². The second-order valence-corrected chi connectivity index (χ2v) is 7.80. The lowest BCUT2D eigenvalue weighted by atomic mass is 10.3. The van der Waals surface area contributed by atoms with Crippen molar-refractivity contribution in [1.82, 2.24) is 10.2 Å². The number of rotatable bonds is 7. The lowest BCUT2D eigenvalue weighted by Crippen LogP contribution is -3.15. The largest absolute Gasteiger partial charge is 0.351 e. The number of benzene rings is 1. The fourth-order valence-electron chi connectivity index (χ4n) is 2.65. The molecule has 2 amide bonds. The molecule has 1 fully saturated rings. The highest BCUT2D eigenvalue weighted by Gasteiger charge is 2.25. The van der Waals surface area contributed by atoms with E-state index in [-0.39, 0.29) is 11.8 Å². The quantitative estimate of drug-likeness (QED) is 0.674. The Labute approximate surface area is 163 Å². The van der Waals surface area contributed by atoms with E-state index in [4.69, 9.17) is 23.2 Å². The van der Waals surface area contributed by atoms with Gasteiger partial charge in [-0.15, -0.1) is 11.8 Å². The monoisotopic (exact) mass is 404 g/mol. The maximum Gasteiger partial charge on any atom is 0.275 e. The van der Waals surface area contributed by atoms with Gasteiger partial charge >= 0.3 is 0 Å². The number of carbonyl (C=O) groups is 2. The molecule has 2 N–H and O–H groups in total. The van der Waals surface area contributed by atoms with Crippen LogP contribution in [-0.2, 0) is 9.59 Å². The minimum absolute atomic E-state index is 0.0791. The molecule has 0 bridgehead atoms. The molecule has 1 aromatic rings. The Hall–Kier alpha value is -0.950. The maximum atomic E-state index is 12.4. The van der Waals surface area contributed by atoms with E-state index in [1.54, 1.807) is 18.2 Å². The lowest BCUT2D eigenvalue weighted by molar-refractivity contribution is -0.896. The number of hydrogen-bond donors (Lipinski definition) is 2. The average Bonchev–Trinajstić information content (AvgIpc) is 2.60. The predicted octanol–water partition coefficient (Wildman–Crippen LogP) is 1.34. The smallest absolute Gasteiger partial charge is 0.275 e. The second kappa shape index (κ2) is 10.3. The van der Waals surface area contributed by atoms with E-state index in [1.807, 2.05) is 11.8 Å². The van der Waals surface area contributed by atoms with Gasteiger partial charge in [-0.2, -0.15) is 0 Å². The second-order valence-electron chi connectivity index (χ2n) is 6.00. The Balaban J connectivity index is 1.75. The van der Waals surface area contributed by atoms with Crippen molar-refractivity contribution in [2.75, 3.05) is 45.0 Å². The maximum absolute atomic E-state index is 12.4. The summed E-state index contributed by atoms with van der Waals surface area (Å²) in [6.07, 6.45) is 0.941. The number of nitrogens with zero attached hydrogens (tertiary/aromatic N) is 1. The van der Waals surface area contributed by atoms with E-state index in [1.165, 1.54) is 16.7 Å². The van der Waals surface area contributed by atoms with Crippen molar-refractivity contribution < 1.29 is 14.5 Å². The molecule has 1 aliphatic heterocycles. The van der Waals surface area contributed by atoms with Gasteiger partial charge in [0.25, 0.3) is 5.91 Å². The van der Waals surface area contributed by atoms with Gasteiger partial charge in [0.15, 0.2) is 6.54 Å². The van der Waals surface area contributed by atoms with E-state index in [9.17, 15) is 9.59 Å². The molecular formula is C17H24Cl2N3O2S+. The molecule has 0 atom stereocenters. The van der Waals surface area contributed by atoms with Crippen molar-refractivity contribution in [1.29, 1.82) is 0 Å². The Kier molecular flexibility index (Phi) is 8.36. The van der Waals surface area contributed by atoms with Crippen LogP contribution >= 0.6 is 35.0 Å². The molecule has 0 saturated carbocycles. The molecule has 0 aromatic heterocycles. The van der Waals surface area contributed by atoms with Crippen LogP contribution in [0.4, 0.5) is 0 Å². The molecule has 1 heterocycles. The topological polar surface area (TPSA) is 53.9 Å². The molecule has 138 valence electrons. The van der Waals surface area contributed by atoms with Crippen LogP contribution in [0.15, 0.2) is 23.1 Å². The Morgan fingerprint density at radius 3 is 2.48 bits per heavy atom. The van der Waals surface area contributed by atoms with Gasteiger partial charge in [-0.1, -0.05) is 36.2 Å². The first kappa shape index (κ1) is 20.4. The van der Waals surface area contributed by atoms with Crippen LogP contribution in [-0.4, -0.2) is 61.7 Å². The van der Waals surface area contributed by atoms with Crippen molar-refractivity contribution in [2.45, 2.75) is 18.2 Å². The minimum Gasteiger partial charge on any atom is -0.351 e. The summed E-state index contributed by atoms with van der Waals surface area (Å²) in [5.74, 6) is 0.478. The Morgan fingerprint density at radius 2 is 1.88 bits per heavy atom. The van der Waals surface area contributed by atoms with Crippen LogP contribution in [0.3, 0.4) is 0 Å². The molecule has 1 aromatic carbocycles. The van der Waals surface area contributed by atoms with Crippen LogP contribution in [0.1, 0.15) is 13.3 Å². The van der Waals surface area contributed by atoms with Crippen LogP contribution in [0.5, 0.6) is 0 Å². The Bertz CT molecular complexity index is 587. The molecule has 0 unspecified atom stereocenters. The van der Waals surface area contributed by atoms with Crippen LogP contribution in [0.2, 0.25) is 10.0 Å². The van der Waals surface area contributed by atoms with Gasteiger partial charge in [0.1, 0.15) is 0 Å². The van der Waals surface area contributed by atoms with E-state index >= 15 is 0 Å². The normalized spacial score (nSPS) is 15.2. The third kappa shape index (κ3) is 6.37. The van der Waals surface area contributed by atoms with Gasteiger partial charge in [-0.25, -0.2) is 0 Å². The van der Waals surface area contributed by atoms with Crippen molar-refractivity contribution in [3.05, 3.63) is 28.2 Å². The average molecular weight is 405 g/mol. The summed E-state index contributed by atoms with van der Waals surface area (Å²) in [6, 6.07) is 5.33. The predicted molar refractivity (Wildman–Crippen MR) is 103 cm³/mol. The van der Waals surface area contributed by atoms with E-state index in [2.05, 4.69) is 5.32 Å². The Morgan fingerprint density at radius 1 is 1.24 bits per heavy atom. The van der Waals surface area contributed by atoms with E-state index in [0.29, 0.717) is 35.4 Å². The lowest BCUT2D eigenvalue weighted by Gasteiger charge is -2.31. The number of thioether (sulfide) groups is 1. The van der Waals surface area contributed by atoms with E-state index < -0.39 is 0 Å². The first-order valence-corrected chi connectivity index (χ1v) is 10.2. The first-order chi connectivity index (χ1) is 12.0. The van der Waals surface area contributed by atoms with Crippen LogP contribution < -0.4 is 10.2 Å². The highest BCUT2D eigenvalue weighted by atomic mass is 35.5. The summed E-state index contributed by atoms with van der Waals surface area (Å²) >= 11 is 13.6. The number of piperazine rings is 1. The standard InChI is InChI=1S/C17H23Cl2N3O2S/c1-2-6-20-15(23)11-21-7-9-22(10-8-21)16(24)12-25-17-13(18)4-3-5-14(17)19/h3-5H,2,6-12H2,1H3,(H,20,23)/p+1. The molecule has 0 spiro atoms. The first-order valence-electron chi connectivity index (χ1n) is 8.46. The number of halogens is 2. The third-order valence-electron chi connectivity index (χ3n) is 4.06. The van der Waals surface area contributed by atoms with Crippen LogP contribution in [0.25, 0.3) is 0 Å². The zero-order chi connectivity index (χ0) is 18.2. The number of nitrogens with one attached hydrogen (secondary N) is 2. The number of quaternary nitrogens is 1. The number of amides is 2. The van der Waals surface area contributed by atoms with E-state index in [0.717, 1.165) is 31.0 Å². The van der Waals surface area contributed by atoms with Gasteiger partial charge in [-0.3, -0.25) is 9.59 Å². The zero-order valence-corrected chi connectivity index (χ0v) is 16.6. The number of carbonyl (C=O) groups excluding carboxylic acids is 2. The summed E-state index contributed by atoms with van der Waals surface area (Å²) in [5.41, 5.74) is 0. The van der Waals surface area contributed by atoms with Crippen molar-refractivity contribution >= 4 is 46.8 Å². The summed E-state index contributed by atoms with van der Waals surface area (Å²) in [6.45, 7) is 6.17. The molecule has 1 aliphatic rings. The summed E-state index contributed by atoms with van der Waals surface area (Å²) in [4.78, 5) is 28.0. The highest BCUT2D eigenvalue weighted by Crippen LogP contribution is 2.33. The third-order valence-corrected chi connectivity index (χ3v) is 6.04.